The molecule has 0 spiro atoms. The van der Waals surface area contributed by atoms with Crippen molar-refractivity contribution < 1.29 is 23.6 Å². The molecule has 0 aromatic heterocycles. The van der Waals surface area contributed by atoms with Gasteiger partial charge in [-0.2, -0.15) is 0 Å². The van der Waals surface area contributed by atoms with E-state index in [0.717, 1.165) is 0 Å². The lowest BCUT2D eigenvalue weighted by Gasteiger charge is -2.27. The van der Waals surface area contributed by atoms with E-state index in [1.165, 1.54) is 12.0 Å². The maximum absolute atomic E-state index is 12.2. The van der Waals surface area contributed by atoms with Gasteiger partial charge in [-0.25, -0.2) is 9.59 Å². The van der Waals surface area contributed by atoms with E-state index in [-0.39, 0.29) is 12.2 Å². The predicted molar refractivity (Wildman–Crippen MR) is 76.6 cm³/mol. The largest absolute Gasteiger partial charge is 0.467 e. The number of carbonyl (C=O) groups excluding carboxylic acids is 2. The summed E-state index contributed by atoms with van der Waals surface area (Å²) >= 11 is 0. The summed E-state index contributed by atoms with van der Waals surface area (Å²) in [5.41, 5.74) is -0.836. The van der Waals surface area contributed by atoms with Crippen molar-refractivity contribution in [3.63, 3.8) is 0 Å². The van der Waals surface area contributed by atoms with Crippen LogP contribution in [0.2, 0.25) is 0 Å². The van der Waals surface area contributed by atoms with Crippen LogP contribution in [0.5, 0.6) is 0 Å². The van der Waals surface area contributed by atoms with Gasteiger partial charge in [0, 0.05) is 12.2 Å². The average molecular weight is 305 g/mol. The first kappa shape index (κ1) is 17.0. The third-order valence-electron chi connectivity index (χ3n) is 3.26. The van der Waals surface area contributed by atoms with E-state index >= 15 is 0 Å². The normalized spacial score (nSPS) is 23.6. The summed E-state index contributed by atoms with van der Waals surface area (Å²) in [6.07, 6.45) is -0.209. The Hall–Kier alpha value is -1.03. The number of methoxy groups -OCH3 is 1. The summed E-state index contributed by atoms with van der Waals surface area (Å²) in [6, 6.07) is -0.715. The van der Waals surface area contributed by atoms with Crippen LogP contribution in [0.1, 0.15) is 27.2 Å². The van der Waals surface area contributed by atoms with Gasteiger partial charge in [0.25, 0.3) is 0 Å². The second kappa shape index (κ2) is 5.76. The lowest BCUT2D eigenvalue weighted by Crippen LogP contribution is -2.43. The molecule has 2 atom stereocenters. The van der Waals surface area contributed by atoms with Gasteiger partial charge in [0.05, 0.1) is 14.3 Å². The van der Waals surface area contributed by atoms with Crippen LogP contribution < -0.4 is 0 Å². The average Bonchev–Trinajstić information content (AvgIpc) is 2.69. The van der Waals surface area contributed by atoms with Crippen LogP contribution in [0.15, 0.2) is 0 Å². The number of hydrogen-bond acceptors (Lipinski definition) is 5. The Bertz CT molecular complexity index is 437. The molecule has 1 saturated heterocycles. The molecule has 1 fully saturated rings. The Morgan fingerprint density at radius 3 is 2.20 bits per heavy atom. The summed E-state index contributed by atoms with van der Waals surface area (Å²) in [7, 11) is -1.11. The minimum absolute atomic E-state index is 0.195. The SMILES string of the molecule is COC(=O)[C@@H]1C[C@H](P(C)(C)=O)CN1C(=O)OC(C)(C)C. The third-order valence-corrected chi connectivity index (χ3v) is 5.39. The summed E-state index contributed by atoms with van der Waals surface area (Å²) in [6.45, 7) is 8.89. The van der Waals surface area contributed by atoms with Gasteiger partial charge in [-0.15, -0.1) is 0 Å². The number of hydrogen-bond donors (Lipinski definition) is 0. The molecule has 6 nitrogen and oxygen atoms in total. The van der Waals surface area contributed by atoms with Gasteiger partial charge in [0.15, 0.2) is 0 Å². The van der Waals surface area contributed by atoms with E-state index < -0.39 is 30.8 Å². The van der Waals surface area contributed by atoms with Gasteiger partial charge in [-0.3, -0.25) is 4.90 Å². The van der Waals surface area contributed by atoms with Crippen LogP contribution in [-0.4, -0.2) is 61.2 Å². The molecule has 1 heterocycles. The van der Waals surface area contributed by atoms with Gasteiger partial charge >= 0.3 is 12.1 Å². The molecule has 0 radical (unpaired) electrons. The van der Waals surface area contributed by atoms with Crippen molar-refractivity contribution in [2.24, 2.45) is 0 Å². The molecule has 0 aromatic rings. The molecule has 7 heteroatoms. The van der Waals surface area contributed by atoms with Gasteiger partial charge < -0.3 is 14.0 Å². The summed E-state index contributed by atoms with van der Waals surface area (Å²) in [5.74, 6) is -0.494. The Kier molecular flexibility index (Phi) is 4.90. The van der Waals surface area contributed by atoms with Crippen molar-refractivity contribution >= 4 is 19.2 Å². The van der Waals surface area contributed by atoms with Crippen molar-refractivity contribution in [2.45, 2.75) is 44.5 Å². The second-order valence-electron chi connectivity index (χ2n) is 6.50. The third kappa shape index (κ3) is 4.23. The fraction of sp³-hybridized carbons (Fsp3) is 0.846. The summed E-state index contributed by atoms with van der Waals surface area (Å²) in [4.78, 5) is 25.3. The lowest BCUT2D eigenvalue weighted by atomic mass is 10.2. The quantitative estimate of drug-likeness (QED) is 0.577. The number of nitrogens with zero attached hydrogens (tertiary/aromatic N) is 1. The number of likely N-dealkylation sites (tertiary alicyclic amines) is 1. The van der Waals surface area contributed by atoms with Crippen molar-refractivity contribution in [2.75, 3.05) is 27.0 Å². The Morgan fingerprint density at radius 2 is 1.80 bits per heavy atom. The van der Waals surface area contributed by atoms with E-state index in [9.17, 15) is 14.2 Å². The number of esters is 1. The van der Waals surface area contributed by atoms with Gasteiger partial charge in [-0.05, 0) is 40.5 Å². The first-order valence-electron chi connectivity index (χ1n) is 6.58. The Balaban J connectivity index is 2.93. The first-order chi connectivity index (χ1) is 8.95. The van der Waals surface area contributed by atoms with E-state index in [2.05, 4.69) is 0 Å². The monoisotopic (exact) mass is 305 g/mol. The zero-order valence-corrected chi connectivity index (χ0v) is 13.9. The number of ether oxygens (including phenoxy) is 2. The lowest BCUT2D eigenvalue weighted by molar-refractivity contribution is -0.145. The van der Waals surface area contributed by atoms with E-state index in [4.69, 9.17) is 9.47 Å². The molecule has 1 aliphatic rings. The predicted octanol–water partition coefficient (Wildman–Crippen LogP) is 2.16. The highest BCUT2D eigenvalue weighted by Gasteiger charge is 2.45. The second-order valence-corrected chi connectivity index (χ2v) is 10.1. The molecule has 116 valence electrons. The molecular weight excluding hydrogens is 281 g/mol. The smallest absolute Gasteiger partial charge is 0.411 e. The molecule has 20 heavy (non-hydrogen) atoms. The van der Waals surface area contributed by atoms with Gasteiger partial charge in [0.2, 0.25) is 0 Å². The number of rotatable bonds is 2. The van der Waals surface area contributed by atoms with Crippen LogP contribution in [0.3, 0.4) is 0 Å². The molecule has 0 aromatic carbocycles. The van der Waals surface area contributed by atoms with Crippen LogP contribution in [-0.2, 0) is 18.8 Å². The van der Waals surface area contributed by atoms with Crippen molar-refractivity contribution in [1.29, 1.82) is 0 Å². The van der Waals surface area contributed by atoms with Crippen molar-refractivity contribution in [3.05, 3.63) is 0 Å². The number of amides is 1. The van der Waals surface area contributed by atoms with Crippen LogP contribution in [0.25, 0.3) is 0 Å². The standard InChI is InChI=1S/C13H24NO5P/c1-13(2,3)19-12(16)14-8-9(20(5,6)17)7-10(14)11(15)18-4/h9-10H,7-8H2,1-6H3/t9-,10-/m0/s1. The van der Waals surface area contributed by atoms with Crippen LogP contribution in [0, 0.1) is 0 Å². The molecule has 0 saturated carbocycles. The first-order valence-corrected chi connectivity index (χ1v) is 9.25. The molecule has 1 amide bonds. The van der Waals surface area contributed by atoms with Crippen molar-refractivity contribution in [1.82, 2.24) is 4.90 Å². The van der Waals surface area contributed by atoms with E-state index in [1.54, 1.807) is 34.1 Å². The molecule has 1 rings (SSSR count). The molecule has 0 aliphatic carbocycles. The van der Waals surface area contributed by atoms with E-state index in [0.29, 0.717) is 6.42 Å². The van der Waals surface area contributed by atoms with Crippen LogP contribution in [0.4, 0.5) is 4.79 Å². The minimum atomic E-state index is -2.39. The van der Waals surface area contributed by atoms with Crippen molar-refractivity contribution in [3.8, 4) is 0 Å². The van der Waals surface area contributed by atoms with Gasteiger partial charge in [-0.1, -0.05) is 0 Å². The van der Waals surface area contributed by atoms with Crippen LogP contribution >= 0.6 is 7.14 Å². The zero-order valence-electron chi connectivity index (χ0n) is 13.0. The fourth-order valence-electron chi connectivity index (χ4n) is 2.15. The zero-order chi connectivity index (χ0) is 15.7. The fourth-order valence-corrected chi connectivity index (χ4v) is 3.42. The number of carbonyl (C=O) groups is 2. The summed E-state index contributed by atoms with van der Waals surface area (Å²) < 4.78 is 22.2. The highest BCUT2D eigenvalue weighted by molar-refractivity contribution is 7.63. The molecule has 1 aliphatic heterocycles. The minimum Gasteiger partial charge on any atom is -0.467 e. The van der Waals surface area contributed by atoms with Gasteiger partial charge in [0.1, 0.15) is 11.6 Å². The highest BCUT2D eigenvalue weighted by atomic mass is 31.2. The topological polar surface area (TPSA) is 72.9 Å². The maximum atomic E-state index is 12.2. The van der Waals surface area contributed by atoms with E-state index in [1.807, 2.05) is 0 Å². The Morgan fingerprint density at radius 1 is 1.25 bits per heavy atom. The summed E-state index contributed by atoms with van der Waals surface area (Å²) in [5, 5.41) is 0. The molecular formula is C13H24NO5P. The Labute approximate surface area is 120 Å². The molecule has 0 unspecified atom stereocenters. The molecule has 0 bridgehead atoms. The maximum Gasteiger partial charge on any atom is 0.411 e. The highest BCUT2D eigenvalue weighted by Crippen LogP contribution is 2.48. The molecule has 0 N–H and O–H groups in total.